The van der Waals surface area contributed by atoms with Crippen LogP contribution in [0.2, 0.25) is 0 Å². The third-order valence-corrected chi connectivity index (χ3v) is 3.84. The number of hydrogen-bond acceptors (Lipinski definition) is 4. The average molecular weight is 292 g/mol. The molecule has 0 amide bonds. The van der Waals surface area contributed by atoms with Gasteiger partial charge >= 0.3 is 0 Å². The summed E-state index contributed by atoms with van der Waals surface area (Å²) in [6, 6.07) is 9.12. The van der Waals surface area contributed by atoms with Crippen molar-refractivity contribution < 1.29 is 9.47 Å². The van der Waals surface area contributed by atoms with E-state index in [9.17, 15) is 0 Å². The smallest absolute Gasteiger partial charge is 0.119 e. The van der Waals surface area contributed by atoms with Gasteiger partial charge in [-0.25, -0.2) is 0 Å². The zero-order chi connectivity index (χ0) is 15.2. The number of ether oxygens (including phenoxy) is 2. The second-order valence-corrected chi connectivity index (χ2v) is 5.90. The number of nitrogens with zero attached hydrogens (tertiary/aromatic N) is 1. The van der Waals surface area contributed by atoms with Gasteiger partial charge in [-0.05, 0) is 31.7 Å². The molecule has 1 N–H and O–H groups in total. The van der Waals surface area contributed by atoms with E-state index in [2.05, 4.69) is 49.3 Å². The molecule has 0 saturated carbocycles. The summed E-state index contributed by atoms with van der Waals surface area (Å²) in [4.78, 5) is 2.38. The Labute approximate surface area is 128 Å². The van der Waals surface area contributed by atoms with E-state index in [0.717, 1.165) is 25.4 Å². The lowest BCUT2D eigenvalue weighted by Gasteiger charge is -2.40. The van der Waals surface area contributed by atoms with Gasteiger partial charge in [-0.3, -0.25) is 4.90 Å². The van der Waals surface area contributed by atoms with Gasteiger partial charge in [-0.15, -0.1) is 0 Å². The van der Waals surface area contributed by atoms with Crippen LogP contribution in [0.4, 0.5) is 0 Å². The summed E-state index contributed by atoms with van der Waals surface area (Å²) in [5.41, 5.74) is 1.26. The van der Waals surface area contributed by atoms with E-state index in [1.165, 1.54) is 5.56 Å². The molecule has 0 bridgehead atoms. The summed E-state index contributed by atoms with van der Waals surface area (Å²) in [5.74, 6) is 0.935. The third-order valence-electron chi connectivity index (χ3n) is 3.84. The first-order valence-corrected chi connectivity index (χ1v) is 7.89. The van der Waals surface area contributed by atoms with Crippen molar-refractivity contribution in [2.24, 2.45) is 0 Å². The first-order valence-electron chi connectivity index (χ1n) is 7.89. The van der Waals surface area contributed by atoms with E-state index in [1.807, 2.05) is 13.0 Å². The maximum Gasteiger partial charge on any atom is 0.119 e. The molecule has 118 valence electrons. The Morgan fingerprint density at radius 1 is 1.43 bits per heavy atom. The third kappa shape index (κ3) is 4.43. The minimum absolute atomic E-state index is 0.169. The van der Waals surface area contributed by atoms with Crippen molar-refractivity contribution in [3.05, 3.63) is 29.8 Å². The number of hydrogen-bond donors (Lipinski definition) is 1. The minimum Gasteiger partial charge on any atom is -0.494 e. The number of likely N-dealkylation sites (N-methyl/N-ethyl adjacent to an activating group) is 1. The normalized spacial score (nSPS) is 23.5. The molecule has 2 rings (SSSR count). The highest BCUT2D eigenvalue weighted by molar-refractivity contribution is 5.31. The van der Waals surface area contributed by atoms with Crippen LogP contribution in [-0.4, -0.2) is 50.4 Å². The van der Waals surface area contributed by atoms with Crippen LogP contribution >= 0.6 is 0 Å². The van der Waals surface area contributed by atoms with E-state index in [1.54, 1.807) is 0 Å². The Morgan fingerprint density at radius 2 is 2.24 bits per heavy atom. The molecule has 0 aliphatic carbocycles. The van der Waals surface area contributed by atoms with Gasteiger partial charge in [0, 0.05) is 19.1 Å². The van der Waals surface area contributed by atoms with Crippen molar-refractivity contribution >= 4 is 0 Å². The van der Waals surface area contributed by atoms with Crippen molar-refractivity contribution in [3.63, 3.8) is 0 Å². The van der Waals surface area contributed by atoms with E-state index in [-0.39, 0.29) is 12.1 Å². The van der Waals surface area contributed by atoms with Crippen LogP contribution in [0.3, 0.4) is 0 Å². The first-order chi connectivity index (χ1) is 10.1. The number of nitrogens with one attached hydrogen (secondary N) is 1. The Bertz CT molecular complexity index is 437. The molecule has 1 aliphatic rings. The molecule has 1 aromatic carbocycles. The Morgan fingerprint density at radius 3 is 2.95 bits per heavy atom. The van der Waals surface area contributed by atoms with Crippen molar-refractivity contribution in [1.82, 2.24) is 10.2 Å². The standard InChI is InChI=1S/C17H28N2O2/c1-5-20-15-8-6-7-14(11-15)17-16(12-18-13(2)3)21-10-9-19(17)4/h6-8,11,13,16-18H,5,9-10,12H2,1-4H3. The summed E-state index contributed by atoms with van der Waals surface area (Å²) in [7, 11) is 2.17. The Kier molecular flexibility index (Phi) is 6.03. The molecule has 0 radical (unpaired) electrons. The SMILES string of the molecule is CCOc1cccc(C2C(CNC(C)C)OCCN2C)c1. The summed E-state index contributed by atoms with van der Waals surface area (Å²) >= 11 is 0. The van der Waals surface area contributed by atoms with Gasteiger partial charge in [0.2, 0.25) is 0 Å². The number of morpholine rings is 1. The van der Waals surface area contributed by atoms with E-state index < -0.39 is 0 Å². The summed E-state index contributed by atoms with van der Waals surface area (Å²) < 4.78 is 11.7. The number of benzene rings is 1. The minimum atomic E-state index is 0.169. The summed E-state index contributed by atoms with van der Waals surface area (Å²) in [6.45, 7) is 9.65. The monoisotopic (exact) mass is 292 g/mol. The molecule has 1 aliphatic heterocycles. The van der Waals surface area contributed by atoms with Gasteiger partial charge in [0.15, 0.2) is 0 Å². The maximum atomic E-state index is 6.02. The van der Waals surface area contributed by atoms with Gasteiger partial charge in [-0.1, -0.05) is 26.0 Å². The fraction of sp³-hybridized carbons (Fsp3) is 0.647. The van der Waals surface area contributed by atoms with Crippen molar-refractivity contribution in [2.75, 3.05) is 33.4 Å². The lowest BCUT2D eigenvalue weighted by Crippen LogP contribution is -2.48. The van der Waals surface area contributed by atoms with Crippen LogP contribution in [-0.2, 0) is 4.74 Å². The predicted octanol–water partition coefficient (Wildman–Crippen LogP) is 2.46. The summed E-state index contributed by atoms with van der Waals surface area (Å²) in [6.07, 6.45) is 0.169. The second-order valence-electron chi connectivity index (χ2n) is 5.90. The van der Waals surface area contributed by atoms with E-state index >= 15 is 0 Å². The van der Waals surface area contributed by atoms with Crippen LogP contribution in [0.15, 0.2) is 24.3 Å². The molecule has 4 heteroatoms. The molecule has 1 aromatic rings. The maximum absolute atomic E-state index is 6.02. The van der Waals surface area contributed by atoms with E-state index in [4.69, 9.17) is 9.47 Å². The lowest BCUT2D eigenvalue weighted by atomic mass is 9.98. The first kappa shape index (κ1) is 16.3. The molecule has 1 saturated heterocycles. The highest BCUT2D eigenvalue weighted by Gasteiger charge is 2.31. The van der Waals surface area contributed by atoms with Crippen molar-refractivity contribution in [3.8, 4) is 5.75 Å². The molecule has 21 heavy (non-hydrogen) atoms. The highest BCUT2D eigenvalue weighted by atomic mass is 16.5. The largest absolute Gasteiger partial charge is 0.494 e. The fourth-order valence-electron chi connectivity index (χ4n) is 2.81. The molecule has 1 heterocycles. The molecule has 4 nitrogen and oxygen atoms in total. The van der Waals surface area contributed by atoms with Gasteiger partial charge < -0.3 is 14.8 Å². The molecule has 2 atom stereocenters. The fourth-order valence-corrected chi connectivity index (χ4v) is 2.81. The molecule has 2 unspecified atom stereocenters. The zero-order valence-electron chi connectivity index (χ0n) is 13.6. The molecule has 1 fully saturated rings. The predicted molar refractivity (Wildman–Crippen MR) is 85.9 cm³/mol. The van der Waals surface area contributed by atoms with Crippen LogP contribution in [0.1, 0.15) is 32.4 Å². The van der Waals surface area contributed by atoms with Crippen LogP contribution in [0.5, 0.6) is 5.75 Å². The van der Waals surface area contributed by atoms with Crippen LogP contribution < -0.4 is 10.1 Å². The molecule has 0 spiro atoms. The van der Waals surface area contributed by atoms with Gasteiger partial charge in [0.05, 0.1) is 25.4 Å². The van der Waals surface area contributed by atoms with Gasteiger partial charge in [0.25, 0.3) is 0 Å². The summed E-state index contributed by atoms with van der Waals surface area (Å²) in [5, 5.41) is 3.49. The molecular formula is C17H28N2O2. The number of rotatable bonds is 6. The van der Waals surface area contributed by atoms with Gasteiger partial charge in [0.1, 0.15) is 5.75 Å². The quantitative estimate of drug-likeness (QED) is 0.873. The molecule has 0 aromatic heterocycles. The van der Waals surface area contributed by atoms with Gasteiger partial charge in [-0.2, -0.15) is 0 Å². The Hall–Kier alpha value is -1.10. The highest BCUT2D eigenvalue weighted by Crippen LogP contribution is 2.30. The lowest BCUT2D eigenvalue weighted by molar-refractivity contribution is -0.0620. The topological polar surface area (TPSA) is 33.7 Å². The zero-order valence-corrected chi connectivity index (χ0v) is 13.6. The second kappa shape index (κ2) is 7.78. The average Bonchev–Trinajstić information content (AvgIpc) is 2.45. The van der Waals surface area contributed by atoms with Crippen LogP contribution in [0, 0.1) is 0 Å². The van der Waals surface area contributed by atoms with Crippen LogP contribution in [0.25, 0.3) is 0 Å². The van der Waals surface area contributed by atoms with E-state index in [0.29, 0.717) is 12.6 Å². The Balaban J connectivity index is 2.16. The van der Waals surface area contributed by atoms with Crippen molar-refractivity contribution in [2.45, 2.75) is 39.0 Å². The van der Waals surface area contributed by atoms with Crippen molar-refractivity contribution in [1.29, 1.82) is 0 Å². The molecular weight excluding hydrogens is 264 g/mol.